The number of hydrogen-bond acceptors (Lipinski definition) is 4. The van der Waals surface area contributed by atoms with Crippen LogP contribution >= 0.6 is 0 Å². The first kappa shape index (κ1) is 17.6. The third-order valence-electron chi connectivity index (χ3n) is 2.89. The maximum atomic E-state index is 12.0. The van der Waals surface area contributed by atoms with Gasteiger partial charge in [0, 0.05) is 12.1 Å². The number of hydrogen-bond donors (Lipinski definition) is 3. The number of nitrogens with one attached hydrogen (secondary N) is 2. The first-order valence-electron chi connectivity index (χ1n) is 6.59. The Kier molecular flexibility index (Phi) is 5.49. The summed E-state index contributed by atoms with van der Waals surface area (Å²) in [5.41, 5.74) is 6.92. The van der Waals surface area contributed by atoms with Crippen LogP contribution in [-0.4, -0.2) is 32.7 Å². The van der Waals surface area contributed by atoms with Crippen LogP contribution in [0.5, 0.6) is 0 Å². The Bertz CT molecular complexity index is 594. The number of rotatable bonds is 6. The molecule has 0 radical (unpaired) electrons. The summed E-state index contributed by atoms with van der Waals surface area (Å²) in [6.07, 6.45) is 1.08. The topological polar surface area (TPSA) is 101 Å². The zero-order valence-electron chi connectivity index (χ0n) is 12.8. The van der Waals surface area contributed by atoms with Gasteiger partial charge in [-0.25, -0.2) is 13.1 Å². The van der Waals surface area contributed by atoms with Crippen LogP contribution < -0.4 is 15.8 Å². The lowest BCUT2D eigenvalue weighted by atomic mass is 10.0. The molecule has 1 aromatic rings. The van der Waals surface area contributed by atoms with Gasteiger partial charge in [-0.15, -0.1) is 0 Å². The van der Waals surface area contributed by atoms with Crippen LogP contribution in [0.1, 0.15) is 31.0 Å². The summed E-state index contributed by atoms with van der Waals surface area (Å²) in [7, 11) is -3.34. The molecule has 6 nitrogen and oxygen atoms in total. The molecule has 118 valence electrons. The van der Waals surface area contributed by atoms with E-state index in [0.717, 1.165) is 11.8 Å². The number of sulfonamides is 1. The molecule has 4 N–H and O–H groups in total. The molecule has 0 heterocycles. The lowest BCUT2D eigenvalue weighted by molar-refractivity contribution is -0.122. The van der Waals surface area contributed by atoms with E-state index < -0.39 is 21.6 Å². The summed E-state index contributed by atoms with van der Waals surface area (Å²) in [6.45, 7) is 5.48. The highest BCUT2D eigenvalue weighted by molar-refractivity contribution is 7.88. The SMILES string of the molecule is Cc1ccc(C(N)C(=O)NCC(C)(C)NS(C)(=O)=O)cc1. The Morgan fingerprint density at radius 3 is 2.29 bits per heavy atom. The van der Waals surface area contributed by atoms with Crippen molar-refractivity contribution in [3.8, 4) is 0 Å². The number of aryl methyl sites for hydroxylation is 1. The highest BCUT2D eigenvalue weighted by Crippen LogP contribution is 2.12. The molecule has 0 saturated heterocycles. The maximum absolute atomic E-state index is 12.0. The third-order valence-corrected chi connectivity index (χ3v) is 3.81. The van der Waals surface area contributed by atoms with Crippen LogP contribution in [0.4, 0.5) is 0 Å². The Morgan fingerprint density at radius 1 is 1.29 bits per heavy atom. The van der Waals surface area contributed by atoms with E-state index in [1.807, 2.05) is 19.1 Å². The van der Waals surface area contributed by atoms with Crippen molar-refractivity contribution in [1.29, 1.82) is 0 Å². The fourth-order valence-corrected chi connectivity index (χ4v) is 2.96. The standard InChI is InChI=1S/C14H23N3O3S/c1-10-5-7-11(8-6-10)12(15)13(18)16-9-14(2,3)17-21(4,19)20/h5-8,12,17H,9,15H2,1-4H3,(H,16,18). The van der Waals surface area contributed by atoms with Crippen LogP contribution in [0.2, 0.25) is 0 Å². The molecule has 0 aliphatic rings. The monoisotopic (exact) mass is 313 g/mol. The molecule has 1 amide bonds. The van der Waals surface area contributed by atoms with E-state index in [1.165, 1.54) is 0 Å². The molecule has 7 heteroatoms. The average molecular weight is 313 g/mol. The molecule has 0 aromatic heterocycles. The Hall–Kier alpha value is -1.44. The molecule has 1 aromatic carbocycles. The summed E-state index contributed by atoms with van der Waals surface area (Å²) in [4.78, 5) is 12.0. The summed E-state index contributed by atoms with van der Waals surface area (Å²) in [5.74, 6) is -0.345. The van der Waals surface area contributed by atoms with Crippen molar-refractivity contribution in [2.45, 2.75) is 32.4 Å². The summed E-state index contributed by atoms with van der Waals surface area (Å²) in [6, 6.07) is 6.61. The second kappa shape index (κ2) is 6.55. The fourth-order valence-electron chi connectivity index (χ4n) is 1.88. The normalized spacial score (nSPS) is 13.8. The van der Waals surface area contributed by atoms with E-state index in [-0.39, 0.29) is 12.5 Å². The summed E-state index contributed by atoms with van der Waals surface area (Å²) in [5, 5.41) is 2.67. The average Bonchev–Trinajstić information content (AvgIpc) is 2.33. The Labute approximate surface area is 126 Å². The van der Waals surface area contributed by atoms with Crippen molar-refractivity contribution in [1.82, 2.24) is 10.0 Å². The van der Waals surface area contributed by atoms with E-state index in [4.69, 9.17) is 5.73 Å². The van der Waals surface area contributed by atoms with Crippen molar-refractivity contribution >= 4 is 15.9 Å². The zero-order chi connectivity index (χ0) is 16.3. The first-order chi connectivity index (χ1) is 9.50. The van der Waals surface area contributed by atoms with Gasteiger partial charge in [0.25, 0.3) is 0 Å². The van der Waals surface area contributed by atoms with Crippen LogP contribution in [0.15, 0.2) is 24.3 Å². The second-order valence-electron chi connectivity index (χ2n) is 5.86. The third kappa shape index (κ3) is 6.24. The van der Waals surface area contributed by atoms with Crippen molar-refractivity contribution in [3.63, 3.8) is 0 Å². The molecule has 0 aliphatic heterocycles. The molecule has 1 rings (SSSR count). The highest BCUT2D eigenvalue weighted by Gasteiger charge is 2.24. The molecule has 1 atom stereocenters. The van der Waals surface area contributed by atoms with Crippen LogP contribution in [0, 0.1) is 6.92 Å². The minimum Gasteiger partial charge on any atom is -0.353 e. The molecule has 0 saturated carbocycles. The predicted molar refractivity (Wildman–Crippen MR) is 83.2 cm³/mol. The fraction of sp³-hybridized carbons (Fsp3) is 0.500. The number of nitrogens with two attached hydrogens (primary N) is 1. The largest absolute Gasteiger partial charge is 0.353 e. The molecular formula is C14H23N3O3S. The molecule has 1 unspecified atom stereocenters. The minimum absolute atomic E-state index is 0.151. The molecule has 21 heavy (non-hydrogen) atoms. The van der Waals surface area contributed by atoms with Gasteiger partial charge in [0.1, 0.15) is 6.04 Å². The molecular weight excluding hydrogens is 290 g/mol. The van der Waals surface area contributed by atoms with Crippen molar-refractivity contribution in [3.05, 3.63) is 35.4 Å². The predicted octanol–water partition coefficient (Wildman–Crippen LogP) is 0.439. The van der Waals surface area contributed by atoms with Crippen molar-refractivity contribution < 1.29 is 13.2 Å². The van der Waals surface area contributed by atoms with E-state index in [9.17, 15) is 13.2 Å². The lowest BCUT2D eigenvalue weighted by Crippen LogP contribution is -2.52. The molecule has 0 bridgehead atoms. The van der Waals surface area contributed by atoms with Gasteiger partial charge in [-0.2, -0.15) is 0 Å². The smallest absolute Gasteiger partial charge is 0.241 e. The van der Waals surface area contributed by atoms with Gasteiger partial charge in [-0.05, 0) is 26.3 Å². The Morgan fingerprint density at radius 2 is 1.81 bits per heavy atom. The Balaban J connectivity index is 2.63. The first-order valence-corrected chi connectivity index (χ1v) is 8.48. The van der Waals surface area contributed by atoms with E-state index >= 15 is 0 Å². The minimum atomic E-state index is -3.34. The van der Waals surface area contributed by atoms with Crippen LogP contribution in [0.25, 0.3) is 0 Å². The van der Waals surface area contributed by atoms with E-state index in [1.54, 1.807) is 26.0 Å². The van der Waals surface area contributed by atoms with Crippen LogP contribution in [-0.2, 0) is 14.8 Å². The van der Waals surface area contributed by atoms with Crippen molar-refractivity contribution in [2.24, 2.45) is 5.73 Å². The van der Waals surface area contributed by atoms with Gasteiger partial charge < -0.3 is 11.1 Å². The number of benzene rings is 1. The van der Waals surface area contributed by atoms with Gasteiger partial charge >= 0.3 is 0 Å². The van der Waals surface area contributed by atoms with Crippen molar-refractivity contribution in [2.75, 3.05) is 12.8 Å². The van der Waals surface area contributed by atoms with Gasteiger partial charge in [0.15, 0.2) is 0 Å². The molecule has 0 fully saturated rings. The zero-order valence-corrected chi connectivity index (χ0v) is 13.6. The van der Waals surface area contributed by atoms with Gasteiger partial charge in [-0.1, -0.05) is 29.8 Å². The van der Waals surface area contributed by atoms with E-state index in [2.05, 4.69) is 10.0 Å². The van der Waals surface area contributed by atoms with Gasteiger partial charge in [0.05, 0.1) is 6.26 Å². The van der Waals surface area contributed by atoms with Gasteiger partial charge in [0.2, 0.25) is 15.9 Å². The summed E-state index contributed by atoms with van der Waals surface area (Å²) >= 11 is 0. The van der Waals surface area contributed by atoms with Gasteiger partial charge in [-0.3, -0.25) is 4.79 Å². The summed E-state index contributed by atoms with van der Waals surface area (Å²) < 4.78 is 24.9. The number of carbonyl (C=O) groups excluding carboxylic acids is 1. The maximum Gasteiger partial charge on any atom is 0.241 e. The number of amides is 1. The second-order valence-corrected chi connectivity index (χ2v) is 7.61. The van der Waals surface area contributed by atoms with Crippen LogP contribution in [0.3, 0.4) is 0 Å². The molecule has 0 aliphatic carbocycles. The number of carbonyl (C=O) groups is 1. The highest BCUT2D eigenvalue weighted by atomic mass is 32.2. The lowest BCUT2D eigenvalue weighted by Gasteiger charge is -2.26. The quantitative estimate of drug-likeness (QED) is 0.709. The van der Waals surface area contributed by atoms with E-state index in [0.29, 0.717) is 5.56 Å². The molecule has 0 spiro atoms.